The molecule has 7 heteroatoms. The van der Waals surface area contributed by atoms with Crippen molar-refractivity contribution in [3.63, 3.8) is 0 Å². The molecule has 2 rings (SSSR count). The van der Waals surface area contributed by atoms with Gasteiger partial charge in [-0.05, 0) is 50.7 Å². The van der Waals surface area contributed by atoms with E-state index in [9.17, 15) is 8.42 Å². The van der Waals surface area contributed by atoms with E-state index in [1.165, 1.54) is 12.8 Å². The number of likely N-dealkylation sites (tertiary alicyclic amines) is 1. The van der Waals surface area contributed by atoms with Gasteiger partial charge in [-0.3, -0.25) is 0 Å². The molecule has 2 N–H and O–H groups in total. The zero-order chi connectivity index (χ0) is 19.9. The van der Waals surface area contributed by atoms with Gasteiger partial charge in [-0.15, -0.1) is 0 Å². The fourth-order valence-electron chi connectivity index (χ4n) is 3.43. The predicted octanol–water partition coefficient (Wildman–Crippen LogP) is 2.71. The first-order valence-electron chi connectivity index (χ1n) is 9.90. The highest BCUT2D eigenvalue weighted by atomic mass is 32.2. The average Bonchev–Trinajstić information content (AvgIpc) is 2.58. The van der Waals surface area contributed by atoms with Crippen LogP contribution in [-0.4, -0.2) is 45.0 Å². The Morgan fingerprint density at radius 3 is 2.63 bits per heavy atom. The van der Waals surface area contributed by atoms with Gasteiger partial charge in [0, 0.05) is 25.7 Å². The first-order valence-corrected chi connectivity index (χ1v) is 11.6. The molecule has 1 aromatic carbocycles. The Morgan fingerprint density at radius 2 is 2.00 bits per heavy atom. The topological polar surface area (TPSA) is 73.8 Å². The number of hydrogen-bond donors (Lipinski definition) is 2. The fourth-order valence-corrected chi connectivity index (χ4v) is 4.92. The number of nitrogens with one attached hydrogen (secondary N) is 2. The summed E-state index contributed by atoms with van der Waals surface area (Å²) < 4.78 is 27.3. The SMILES string of the molecule is CCNC(=NCc1ccccc1CS(=O)(=O)NC(C)C)N1CCCC(C)C1. The predicted molar refractivity (Wildman–Crippen MR) is 112 cm³/mol. The normalized spacial score (nSPS) is 18.8. The minimum atomic E-state index is -3.36. The van der Waals surface area contributed by atoms with E-state index in [0.29, 0.717) is 12.5 Å². The maximum absolute atomic E-state index is 12.3. The Labute approximate surface area is 164 Å². The number of aliphatic imine (C=N–C) groups is 1. The van der Waals surface area contributed by atoms with Crippen molar-refractivity contribution < 1.29 is 8.42 Å². The largest absolute Gasteiger partial charge is 0.357 e. The van der Waals surface area contributed by atoms with Crippen LogP contribution in [0.1, 0.15) is 51.7 Å². The summed E-state index contributed by atoms with van der Waals surface area (Å²) >= 11 is 0. The van der Waals surface area contributed by atoms with Crippen LogP contribution in [0.5, 0.6) is 0 Å². The number of hydrogen-bond acceptors (Lipinski definition) is 3. The average molecular weight is 395 g/mol. The molecule has 1 heterocycles. The molecule has 0 radical (unpaired) electrons. The lowest BCUT2D eigenvalue weighted by Gasteiger charge is -2.33. The monoisotopic (exact) mass is 394 g/mol. The third-order valence-corrected chi connectivity index (χ3v) is 6.09. The number of nitrogens with zero attached hydrogens (tertiary/aromatic N) is 2. The van der Waals surface area contributed by atoms with Gasteiger partial charge in [0.25, 0.3) is 0 Å². The van der Waals surface area contributed by atoms with Crippen molar-refractivity contribution in [3.8, 4) is 0 Å². The summed E-state index contributed by atoms with van der Waals surface area (Å²) in [5.74, 6) is 1.57. The Hall–Kier alpha value is -1.60. The first kappa shape index (κ1) is 21.7. The molecule has 1 atom stereocenters. The van der Waals surface area contributed by atoms with Crippen LogP contribution in [0.3, 0.4) is 0 Å². The van der Waals surface area contributed by atoms with Crippen LogP contribution in [0.15, 0.2) is 29.3 Å². The summed E-state index contributed by atoms with van der Waals surface area (Å²) in [5.41, 5.74) is 1.75. The van der Waals surface area contributed by atoms with Crippen LogP contribution in [0.4, 0.5) is 0 Å². The molecule has 1 aliphatic heterocycles. The minimum Gasteiger partial charge on any atom is -0.357 e. The highest BCUT2D eigenvalue weighted by Crippen LogP contribution is 2.17. The van der Waals surface area contributed by atoms with Crippen molar-refractivity contribution in [1.82, 2.24) is 14.9 Å². The molecule has 6 nitrogen and oxygen atoms in total. The van der Waals surface area contributed by atoms with Gasteiger partial charge in [0.05, 0.1) is 12.3 Å². The van der Waals surface area contributed by atoms with Gasteiger partial charge in [0.15, 0.2) is 5.96 Å². The van der Waals surface area contributed by atoms with E-state index in [1.807, 2.05) is 38.1 Å². The van der Waals surface area contributed by atoms with Crippen LogP contribution < -0.4 is 10.0 Å². The molecular formula is C20H34N4O2S. The molecule has 152 valence electrons. The highest BCUT2D eigenvalue weighted by molar-refractivity contribution is 7.88. The lowest BCUT2D eigenvalue weighted by atomic mass is 10.0. The summed E-state index contributed by atoms with van der Waals surface area (Å²) in [5, 5.41) is 3.38. The molecule has 1 unspecified atom stereocenters. The van der Waals surface area contributed by atoms with Gasteiger partial charge in [-0.25, -0.2) is 18.1 Å². The maximum atomic E-state index is 12.3. The van der Waals surface area contributed by atoms with Crippen molar-refractivity contribution in [1.29, 1.82) is 0 Å². The Kier molecular flexibility index (Phi) is 8.10. The van der Waals surface area contributed by atoms with Gasteiger partial charge in [-0.2, -0.15) is 0 Å². The maximum Gasteiger partial charge on any atom is 0.216 e. The summed E-state index contributed by atoms with van der Waals surface area (Å²) in [6.45, 7) is 11.3. The summed E-state index contributed by atoms with van der Waals surface area (Å²) in [7, 11) is -3.36. The standard InChI is InChI=1S/C20H34N4O2S/c1-5-21-20(24-12-8-9-17(4)14-24)22-13-18-10-6-7-11-19(18)15-27(25,26)23-16(2)3/h6-7,10-11,16-17,23H,5,8-9,12-15H2,1-4H3,(H,21,22). The van der Waals surface area contributed by atoms with Crippen LogP contribution in [0, 0.1) is 5.92 Å². The second kappa shape index (κ2) is 10.1. The smallest absolute Gasteiger partial charge is 0.216 e. The Morgan fingerprint density at radius 1 is 1.30 bits per heavy atom. The molecule has 1 aromatic rings. The van der Waals surface area contributed by atoms with E-state index in [1.54, 1.807) is 0 Å². The molecule has 1 aliphatic rings. The first-order chi connectivity index (χ1) is 12.8. The van der Waals surface area contributed by atoms with Gasteiger partial charge >= 0.3 is 0 Å². The van der Waals surface area contributed by atoms with E-state index in [-0.39, 0.29) is 11.8 Å². The lowest BCUT2D eigenvalue weighted by molar-refractivity contribution is 0.266. The van der Waals surface area contributed by atoms with Gasteiger partial charge in [0.1, 0.15) is 0 Å². The van der Waals surface area contributed by atoms with Crippen molar-refractivity contribution in [2.45, 2.75) is 58.9 Å². The van der Waals surface area contributed by atoms with E-state index >= 15 is 0 Å². The van der Waals surface area contributed by atoms with Crippen molar-refractivity contribution in [2.24, 2.45) is 10.9 Å². The molecule has 0 saturated carbocycles. The molecule has 0 spiro atoms. The van der Waals surface area contributed by atoms with Gasteiger partial charge in [-0.1, -0.05) is 31.2 Å². The molecule has 0 aromatic heterocycles. The third kappa shape index (κ3) is 7.14. The van der Waals surface area contributed by atoms with Crippen LogP contribution in [-0.2, 0) is 22.3 Å². The zero-order valence-corrected chi connectivity index (χ0v) is 17.8. The van der Waals surface area contributed by atoms with E-state index < -0.39 is 10.0 Å². The Bertz CT molecular complexity index is 731. The molecule has 0 aliphatic carbocycles. The van der Waals surface area contributed by atoms with Crippen molar-refractivity contribution in [2.75, 3.05) is 19.6 Å². The number of sulfonamides is 1. The van der Waals surface area contributed by atoms with E-state index in [4.69, 9.17) is 4.99 Å². The molecule has 0 bridgehead atoms. The van der Waals surface area contributed by atoms with Crippen LogP contribution in [0.25, 0.3) is 0 Å². The quantitative estimate of drug-likeness (QED) is 0.551. The highest BCUT2D eigenvalue weighted by Gasteiger charge is 2.19. The number of benzene rings is 1. The number of rotatable bonds is 7. The van der Waals surface area contributed by atoms with E-state index in [2.05, 4.69) is 28.8 Å². The van der Waals surface area contributed by atoms with Gasteiger partial charge < -0.3 is 10.2 Å². The minimum absolute atomic E-state index is 0.0197. The van der Waals surface area contributed by atoms with Crippen LogP contribution >= 0.6 is 0 Å². The molecular weight excluding hydrogens is 360 g/mol. The molecule has 1 fully saturated rings. The van der Waals surface area contributed by atoms with Crippen molar-refractivity contribution in [3.05, 3.63) is 35.4 Å². The fraction of sp³-hybridized carbons (Fsp3) is 0.650. The zero-order valence-electron chi connectivity index (χ0n) is 17.0. The second-order valence-corrected chi connectivity index (χ2v) is 9.42. The van der Waals surface area contributed by atoms with Gasteiger partial charge in [0.2, 0.25) is 10.0 Å². The molecule has 27 heavy (non-hydrogen) atoms. The van der Waals surface area contributed by atoms with Crippen molar-refractivity contribution >= 4 is 16.0 Å². The van der Waals surface area contributed by atoms with E-state index in [0.717, 1.165) is 36.7 Å². The molecule has 1 saturated heterocycles. The van der Waals surface area contributed by atoms with Crippen LogP contribution in [0.2, 0.25) is 0 Å². The lowest BCUT2D eigenvalue weighted by Crippen LogP contribution is -2.46. The molecule has 0 amide bonds. The Balaban J connectivity index is 2.16. The second-order valence-electron chi connectivity index (χ2n) is 7.66. The number of guanidine groups is 1. The third-order valence-electron chi connectivity index (χ3n) is 4.57. The number of piperidine rings is 1. The summed E-state index contributed by atoms with van der Waals surface area (Å²) in [6.07, 6.45) is 2.45. The summed E-state index contributed by atoms with van der Waals surface area (Å²) in [4.78, 5) is 7.13. The summed E-state index contributed by atoms with van der Waals surface area (Å²) in [6, 6.07) is 7.55.